The lowest BCUT2D eigenvalue weighted by Gasteiger charge is -2.32. The van der Waals surface area contributed by atoms with Crippen molar-refractivity contribution in [2.24, 2.45) is 0 Å². The number of carbonyl (C=O) groups is 1. The van der Waals surface area contributed by atoms with Gasteiger partial charge in [0.15, 0.2) is 6.10 Å². The van der Waals surface area contributed by atoms with Crippen LogP contribution in [0.25, 0.3) is 0 Å². The van der Waals surface area contributed by atoms with E-state index in [1.54, 1.807) is 24.3 Å². The number of halogens is 1. The van der Waals surface area contributed by atoms with Crippen LogP contribution < -0.4 is 17.0 Å². The molecule has 1 aliphatic heterocycles. The van der Waals surface area contributed by atoms with Gasteiger partial charge in [0.1, 0.15) is 6.54 Å². The Labute approximate surface area is 172 Å². The average molecular weight is 434 g/mol. The van der Waals surface area contributed by atoms with Crippen molar-refractivity contribution in [2.45, 2.75) is 32.0 Å². The lowest BCUT2D eigenvalue weighted by atomic mass is 9.86. The number of benzene rings is 2. The molecule has 0 aliphatic carbocycles. The summed E-state index contributed by atoms with van der Waals surface area (Å²) in [5, 5.41) is 11.4. The van der Waals surface area contributed by atoms with Gasteiger partial charge in [-0.15, -0.1) is 0 Å². The quantitative estimate of drug-likeness (QED) is 0.519. The molecule has 2 aromatic carbocycles. The molecule has 0 bridgehead atoms. The molecule has 0 aromatic heterocycles. The highest BCUT2D eigenvalue weighted by molar-refractivity contribution is 5.85. The van der Waals surface area contributed by atoms with Crippen molar-refractivity contribution in [3.05, 3.63) is 71.8 Å². The molecule has 0 saturated carbocycles. The van der Waals surface area contributed by atoms with E-state index in [0.717, 1.165) is 37.1 Å². The molecule has 3 rings (SSSR count). The number of nitrogens with zero attached hydrogens (tertiary/aromatic N) is 1. The van der Waals surface area contributed by atoms with E-state index < -0.39 is 11.6 Å². The highest BCUT2D eigenvalue weighted by Gasteiger charge is 2.45. The number of ether oxygens (including phenoxy) is 1. The first-order valence-electron chi connectivity index (χ1n) is 9.43. The van der Waals surface area contributed by atoms with E-state index in [-0.39, 0.29) is 23.1 Å². The first-order chi connectivity index (χ1) is 12.5. The summed E-state index contributed by atoms with van der Waals surface area (Å²) >= 11 is 0. The van der Waals surface area contributed by atoms with Crippen molar-refractivity contribution in [1.82, 2.24) is 0 Å². The molecule has 0 radical (unpaired) electrons. The Balaban J connectivity index is 0.00000261. The minimum atomic E-state index is -1.79. The van der Waals surface area contributed by atoms with Crippen LogP contribution in [0, 0.1) is 0 Å². The minimum absolute atomic E-state index is 0. The molecular weight excluding hydrogens is 406 g/mol. The average Bonchev–Trinajstić information content (AvgIpc) is 3.12. The summed E-state index contributed by atoms with van der Waals surface area (Å²) < 4.78 is 6.81. The van der Waals surface area contributed by atoms with Crippen molar-refractivity contribution < 1.29 is 36.1 Å². The molecule has 1 fully saturated rings. The van der Waals surface area contributed by atoms with E-state index in [9.17, 15) is 9.90 Å². The molecule has 1 aliphatic rings. The third kappa shape index (κ3) is 4.26. The van der Waals surface area contributed by atoms with Crippen LogP contribution in [0.3, 0.4) is 0 Å². The van der Waals surface area contributed by atoms with Gasteiger partial charge in [-0.3, -0.25) is 0 Å². The topological polar surface area (TPSA) is 46.5 Å². The van der Waals surface area contributed by atoms with E-state index >= 15 is 0 Å². The zero-order chi connectivity index (χ0) is 18.6. The van der Waals surface area contributed by atoms with Gasteiger partial charge in [-0.1, -0.05) is 60.7 Å². The Morgan fingerprint density at radius 3 is 1.93 bits per heavy atom. The zero-order valence-electron chi connectivity index (χ0n) is 16.0. The van der Waals surface area contributed by atoms with E-state index in [4.69, 9.17) is 4.74 Å². The third-order valence-electron chi connectivity index (χ3n) is 5.81. The Morgan fingerprint density at radius 1 is 1.04 bits per heavy atom. The smallest absolute Gasteiger partial charge is 0.348 e. The Kier molecular flexibility index (Phi) is 7.20. The fourth-order valence-corrected chi connectivity index (χ4v) is 3.92. The summed E-state index contributed by atoms with van der Waals surface area (Å²) in [6, 6.07) is 18.1. The SMILES string of the molecule is CC[N+]1(CC)CC[C@@H](OC(=O)C(O)(c2ccccc2)c2ccccc2)C1.[Br-]. The maximum atomic E-state index is 13.1. The zero-order valence-corrected chi connectivity index (χ0v) is 17.6. The van der Waals surface area contributed by atoms with Crippen LogP contribution in [0.1, 0.15) is 31.4 Å². The summed E-state index contributed by atoms with van der Waals surface area (Å²) in [7, 11) is 0. The Morgan fingerprint density at radius 2 is 1.52 bits per heavy atom. The molecule has 5 heteroatoms. The van der Waals surface area contributed by atoms with E-state index in [2.05, 4.69) is 13.8 Å². The van der Waals surface area contributed by atoms with Crippen molar-refractivity contribution in [3.63, 3.8) is 0 Å². The van der Waals surface area contributed by atoms with Gasteiger partial charge in [0.05, 0.1) is 19.6 Å². The van der Waals surface area contributed by atoms with Crippen LogP contribution in [0.4, 0.5) is 0 Å². The summed E-state index contributed by atoms with van der Waals surface area (Å²) in [6.07, 6.45) is 0.689. The van der Waals surface area contributed by atoms with Gasteiger partial charge in [-0.05, 0) is 25.0 Å². The summed E-state index contributed by atoms with van der Waals surface area (Å²) in [5.74, 6) is -0.591. The molecular formula is C22H28BrNO3. The van der Waals surface area contributed by atoms with Crippen LogP contribution in [0.5, 0.6) is 0 Å². The molecule has 27 heavy (non-hydrogen) atoms. The number of likely N-dealkylation sites (tertiary alicyclic amines) is 1. The van der Waals surface area contributed by atoms with Gasteiger partial charge in [0.25, 0.3) is 0 Å². The second-order valence-corrected chi connectivity index (χ2v) is 7.14. The van der Waals surface area contributed by atoms with Crippen molar-refractivity contribution in [1.29, 1.82) is 0 Å². The first kappa shape index (κ1) is 21.6. The number of likely N-dealkylation sites (N-methyl/N-ethyl adjacent to an activating group) is 1. The standard InChI is InChI=1S/C22H28NO3.BrH/c1-3-23(4-2)16-15-20(17-23)26-21(24)22(25,18-11-7-5-8-12-18)19-13-9-6-10-14-19;/h5-14,20,25H,3-4,15-17H2,1-2H3;1H/q+1;/p-1/t20-;/m1./s1. The van der Waals surface area contributed by atoms with Crippen molar-refractivity contribution >= 4 is 5.97 Å². The summed E-state index contributed by atoms with van der Waals surface area (Å²) in [6.45, 7) is 8.26. The number of hydrogen-bond acceptors (Lipinski definition) is 3. The van der Waals surface area contributed by atoms with E-state index in [0.29, 0.717) is 11.1 Å². The monoisotopic (exact) mass is 433 g/mol. The number of esters is 1. The maximum Gasteiger partial charge on any atom is 0.348 e. The number of aliphatic hydroxyl groups is 1. The number of quaternary nitrogens is 1. The van der Waals surface area contributed by atoms with E-state index in [1.807, 2.05) is 36.4 Å². The van der Waals surface area contributed by atoms with E-state index in [1.165, 1.54) is 0 Å². The molecule has 1 heterocycles. The van der Waals surface area contributed by atoms with Gasteiger partial charge in [-0.25, -0.2) is 4.79 Å². The molecule has 1 N–H and O–H groups in total. The highest BCUT2D eigenvalue weighted by atomic mass is 79.9. The second kappa shape index (κ2) is 9.00. The predicted molar refractivity (Wildman–Crippen MR) is 101 cm³/mol. The van der Waals surface area contributed by atoms with Crippen molar-refractivity contribution in [3.8, 4) is 0 Å². The number of carbonyl (C=O) groups excluding carboxylic acids is 1. The van der Waals surface area contributed by atoms with Gasteiger partial charge in [-0.2, -0.15) is 0 Å². The fraction of sp³-hybridized carbons (Fsp3) is 0.409. The molecule has 0 unspecified atom stereocenters. The summed E-state index contributed by atoms with van der Waals surface area (Å²) in [4.78, 5) is 13.1. The van der Waals surface area contributed by atoms with Crippen LogP contribution in [0.2, 0.25) is 0 Å². The number of rotatable bonds is 6. The molecule has 1 atom stereocenters. The highest BCUT2D eigenvalue weighted by Crippen LogP contribution is 2.32. The molecule has 2 aromatic rings. The Bertz CT molecular complexity index is 692. The first-order valence-corrected chi connectivity index (χ1v) is 9.43. The molecule has 4 nitrogen and oxygen atoms in total. The predicted octanol–water partition coefficient (Wildman–Crippen LogP) is 0.0986. The van der Waals surface area contributed by atoms with Gasteiger partial charge >= 0.3 is 5.97 Å². The lowest BCUT2D eigenvalue weighted by molar-refractivity contribution is -0.914. The molecule has 1 saturated heterocycles. The third-order valence-corrected chi connectivity index (χ3v) is 5.81. The normalized spacial score (nSPS) is 18.6. The Hall–Kier alpha value is -1.69. The maximum absolute atomic E-state index is 13.1. The fourth-order valence-electron chi connectivity index (χ4n) is 3.92. The lowest BCUT2D eigenvalue weighted by Crippen LogP contribution is -3.00. The van der Waals surface area contributed by atoms with Gasteiger partial charge < -0.3 is 31.3 Å². The van der Waals surface area contributed by atoms with Crippen LogP contribution in [-0.4, -0.2) is 47.8 Å². The van der Waals surface area contributed by atoms with Crippen LogP contribution in [-0.2, 0) is 15.1 Å². The summed E-state index contributed by atoms with van der Waals surface area (Å²) in [5.41, 5.74) is -0.735. The molecule has 0 spiro atoms. The molecule has 0 amide bonds. The van der Waals surface area contributed by atoms with Crippen molar-refractivity contribution in [2.75, 3.05) is 26.2 Å². The number of hydrogen-bond donors (Lipinski definition) is 1. The van der Waals surface area contributed by atoms with Crippen LogP contribution in [0.15, 0.2) is 60.7 Å². The largest absolute Gasteiger partial charge is 1.00 e. The van der Waals surface area contributed by atoms with Crippen LogP contribution >= 0.6 is 0 Å². The second-order valence-electron chi connectivity index (χ2n) is 7.14. The molecule has 146 valence electrons. The van der Waals surface area contributed by atoms with Gasteiger partial charge in [0.2, 0.25) is 5.60 Å². The van der Waals surface area contributed by atoms with Gasteiger partial charge in [0, 0.05) is 6.42 Å². The minimum Gasteiger partial charge on any atom is -1.00 e.